The van der Waals surface area contributed by atoms with E-state index in [1.807, 2.05) is 13.3 Å². The van der Waals surface area contributed by atoms with Gasteiger partial charge in [0.05, 0.1) is 6.61 Å². The van der Waals surface area contributed by atoms with Crippen molar-refractivity contribution in [1.82, 2.24) is 14.7 Å². The van der Waals surface area contributed by atoms with E-state index in [1.54, 1.807) is 0 Å². The number of methoxy groups -OCH3 is 1. The van der Waals surface area contributed by atoms with Crippen LogP contribution in [0.25, 0.3) is 0 Å². The summed E-state index contributed by atoms with van der Waals surface area (Å²) in [5.74, 6) is 0.889. The second-order valence-corrected chi connectivity index (χ2v) is 7.29. The zero-order chi connectivity index (χ0) is 16.7. The highest BCUT2D eigenvalue weighted by Gasteiger charge is 2.27. The number of ether oxygens (including phenoxy) is 1. The van der Waals surface area contributed by atoms with Gasteiger partial charge in [-0.15, -0.1) is 0 Å². The first-order chi connectivity index (χ1) is 11.1. The molecule has 1 atom stereocenters. The molecular weight excluding hydrogens is 286 g/mol. The van der Waals surface area contributed by atoms with Crippen LogP contribution in [0.1, 0.15) is 26.2 Å². The molecule has 2 heterocycles. The third-order valence-electron chi connectivity index (χ3n) is 5.28. The number of nitrogens with zero attached hydrogens (tertiary/aromatic N) is 3. The Morgan fingerprint density at radius 2 is 1.96 bits per heavy atom. The molecule has 23 heavy (non-hydrogen) atoms. The lowest BCUT2D eigenvalue weighted by atomic mass is 9.93. The topological polar surface area (TPSA) is 19.0 Å². The monoisotopic (exact) mass is 321 g/mol. The maximum absolute atomic E-state index is 5.45. The van der Waals surface area contributed by atoms with Gasteiger partial charge in [-0.3, -0.25) is 4.90 Å². The van der Waals surface area contributed by atoms with E-state index in [9.17, 15) is 0 Å². The van der Waals surface area contributed by atoms with Crippen LogP contribution in [0.15, 0.2) is 24.9 Å². The molecule has 2 rings (SSSR count). The minimum absolute atomic E-state index is 0.507. The highest BCUT2D eigenvalue weighted by atomic mass is 16.5. The predicted molar refractivity (Wildman–Crippen MR) is 97.6 cm³/mol. The molecule has 2 aliphatic rings. The maximum Gasteiger partial charge on any atom is 0.0630 e. The van der Waals surface area contributed by atoms with Gasteiger partial charge >= 0.3 is 0 Å². The second kappa shape index (κ2) is 9.45. The van der Waals surface area contributed by atoms with Crippen LogP contribution in [-0.4, -0.2) is 80.3 Å². The van der Waals surface area contributed by atoms with E-state index in [0.717, 1.165) is 32.2 Å². The summed E-state index contributed by atoms with van der Waals surface area (Å²) in [7, 11) is 1.81. The molecule has 0 aliphatic carbocycles. The van der Waals surface area contributed by atoms with Crippen molar-refractivity contribution in [2.45, 2.75) is 32.2 Å². The van der Waals surface area contributed by atoms with Gasteiger partial charge in [0.25, 0.3) is 0 Å². The van der Waals surface area contributed by atoms with Crippen LogP contribution in [0.2, 0.25) is 0 Å². The molecule has 4 heteroatoms. The molecule has 132 valence electrons. The van der Waals surface area contributed by atoms with E-state index in [2.05, 4.69) is 34.8 Å². The summed E-state index contributed by atoms with van der Waals surface area (Å²) < 4.78 is 5.45. The molecule has 1 unspecified atom stereocenters. The first-order valence-electron chi connectivity index (χ1n) is 9.08. The van der Waals surface area contributed by atoms with E-state index >= 15 is 0 Å². The van der Waals surface area contributed by atoms with E-state index < -0.39 is 0 Å². The number of rotatable bonds is 8. The standard InChI is InChI=1S/C19H35N3O/c1-5-20-9-6-18(7-10-20)8-11-21-12-13-22(14-17(2)3)19(15-21)16-23-4/h5,18-19H,1-2,6-16H2,3-4H3. The summed E-state index contributed by atoms with van der Waals surface area (Å²) in [5.41, 5.74) is 1.24. The Labute approximate surface area is 142 Å². The van der Waals surface area contributed by atoms with Gasteiger partial charge in [0, 0.05) is 52.4 Å². The fourth-order valence-corrected chi connectivity index (χ4v) is 3.86. The van der Waals surface area contributed by atoms with Crippen molar-refractivity contribution >= 4 is 0 Å². The molecule has 0 N–H and O–H groups in total. The smallest absolute Gasteiger partial charge is 0.0630 e. The largest absolute Gasteiger partial charge is 0.383 e. The summed E-state index contributed by atoms with van der Waals surface area (Å²) in [6.07, 6.45) is 5.98. The van der Waals surface area contributed by atoms with Crippen LogP contribution >= 0.6 is 0 Å². The number of hydrogen-bond acceptors (Lipinski definition) is 4. The van der Waals surface area contributed by atoms with Gasteiger partial charge in [0.2, 0.25) is 0 Å². The van der Waals surface area contributed by atoms with Gasteiger partial charge in [-0.05, 0) is 44.8 Å². The molecule has 0 spiro atoms. The quantitative estimate of drug-likeness (QED) is 0.639. The third kappa shape index (κ3) is 5.94. The Bertz CT molecular complexity index is 377. The molecule has 0 aromatic carbocycles. The van der Waals surface area contributed by atoms with Gasteiger partial charge in [0.1, 0.15) is 0 Å². The van der Waals surface area contributed by atoms with Crippen molar-refractivity contribution in [1.29, 1.82) is 0 Å². The fraction of sp³-hybridized carbons (Fsp3) is 0.789. The van der Waals surface area contributed by atoms with E-state index in [4.69, 9.17) is 4.74 Å². The van der Waals surface area contributed by atoms with Gasteiger partial charge in [-0.2, -0.15) is 0 Å². The average molecular weight is 322 g/mol. The molecule has 0 bridgehead atoms. The number of piperidine rings is 1. The summed E-state index contributed by atoms with van der Waals surface area (Å²) in [6, 6.07) is 0.507. The molecule has 2 saturated heterocycles. The Morgan fingerprint density at radius 1 is 1.22 bits per heavy atom. The van der Waals surface area contributed by atoms with Crippen LogP contribution in [0.4, 0.5) is 0 Å². The fourth-order valence-electron chi connectivity index (χ4n) is 3.86. The molecule has 0 radical (unpaired) electrons. The van der Waals surface area contributed by atoms with E-state index in [-0.39, 0.29) is 0 Å². The Kier molecular flexibility index (Phi) is 7.60. The van der Waals surface area contributed by atoms with Gasteiger partial charge < -0.3 is 14.5 Å². The number of hydrogen-bond donors (Lipinski definition) is 0. The average Bonchev–Trinajstić information content (AvgIpc) is 2.55. The molecular formula is C19H35N3O. The summed E-state index contributed by atoms with van der Waals surface area (Å²) in [5, 5.41) is 0. The molecule has 0 amide bonds. The normalized spacial score (nSPS) is 24.8. The zero-order valence-electron chi connectivity index (χ0n) is 15.2. The van der Waals surface area contributed by atoms with Crippen LogP contribution < -0.4 is 0 Å². The second-order valence-electron chi connectivity index (χ2n) is 7.29. The number of likely N-dealkylation sites (tertiary alicyclic amines) is 1. The Morgan fingerprint density at radius 3 is 2.57 bits per heavy atom. The summed E-state index contributed by atoms with van der Waals surface area (Å²) in [4.78, 5) is 7.52. The van der Waals surface area contributed by atoms with Gasteiger partial charge in [-0.1, -0.05) is 18.7 Å². The van der Waals surface area contributed by atoms with Crippen LogP contribution in [0.3, 0.4) is 0 Å². The van der Waals surface area contributed by atoms with Crippen LogP contribution in [0, 0.1) is 5.92 Å². The molecule has 2 aliphatic heterocycles. The Balaban J connectivity index is 1.74. The lowest BCUT2D eigenvalue weighted by Gasteiger charge is -2.42. The number of piperazine rings is 1. The van der Waals surface area contributed by atoms with Crippen molar-refractivity contribution in [3.63, 3.8) is 0 Å². The van der Waals surface area contributed by atoms with Crippen molar-refractivity contribution in [2.24, 2.45) is 5.92 Å². The first kappa shape index (κ1) is 18.5. The highest BCUT2D eigenvalue weighted by molar-refractivity contribution is 4.95. The molecule has 0 saturated carbocycles. The van der Waals surface area contributed by atoms with Crippen molar-refractivity contribution in [3.05, 3.63) is 24.9 Å². The van der Waals surface area contributed by atoms with Crippen LogP contribution in [-0.2, 0) is 4.74 Å². The molecule has 2 fully saturated rings. The van der Waals surface area contributed by atoms with Crippen molar-refractivity contribution < 1.29 is 4.74 Å². The maximum atomic E-state index is 5.45. The van der Waals surface area contributed by atoms with Crippen LogP contribution in [0.5, 0.6) is 0 Å². The Hall–Kier alpha value is -0.840. The van der Waals surface area contributed by atoms with Crippen molar-refractivity contribution in [3.8, 4) is 0 Å². The minimum Gasteiger partial charge on any atom is -0.383 e. The molecule has 0 aromatic rings. The van der Waals surface area contributed by atoms with E-state index in [0.29, 0.717) is 6.04 Å². The molecule has 4 nitrogen and oxygen atoms in total. The minimum atomic E-state index is 0.507. The lowest BCUT2D eigenvalue weighted by molar-refractivity contribution is 0.0277. The highest BCUT2D eigenvalue weighted by Crippen LogP contribution is 2.22. The molecule has 0 aromatic heterocycles. The lowest BCUT2D eigenvalue weighted by Crippen LogP contribution is -2.55. The summed E-state index contributed by atoms with van der Waals surface area (Å²) in [6.45, 7) is 18.9. The summed E-state index contributed by atoms with van der Waals surface area (Å²) >= 11 is 0. The first-order valence-corrected chi connectivity index (χ1v) is 9.08. The van der Waals surface area contributed by atoms with Crippen molar-refractivity contribution in [2.75, 3.05) is 59.5 Å². The van der Waals surface area contributed by atoms with Gasteiger partial charge in [-0.25, -0.2) is 0 Å². The third-order valence-corrected chi connectivity index (χ3v) is 5.28. The predicted octanol–water partition coefficient (Wildman–Crippen LogP) is 2.44. The van der Waals surface area contributed by atoms with Gasteiger partial charge in [0.15, 0.2) is 0 Å². The zero-order valence-corrected chi connectivity index (χ0v) is 15.2. The van der Waals surface area contributed by atoms with E-state index in [1.165, 1.54) is 51.0 Å². The SMILES string of the molecule is C=CN1CCC(CCN2CCN(CC(=C)C)C(COC)C2)CC1.